The molecule has 2 aliphatic heterocycles. The lowest BCUT2D eigenvalue weighted by Crippen LogP contribution is -2.58. The molecule has 2 fully saturated rings. The van der Waals surface area contributed by atoms with Gasteiger partial charge in [-0.1, -0.05) is 30.2 Å². The number of aromatic amines is 1. The standard InChI is InChI=1S/C25H27ClN4O2/c26-21-6-1-2-7-23(21)29-24(31)15-30-19-4-3-5-20(30)14-18(13-19)28-25(32)17-8-9-22-16(12-17)10-11-27-22/h1-2,6-12,18-20,27H,3-5,13-15H2,(H,28,32)(H,29,31). The van der Waals surface area contributed by atoms with Crippen LogP contribution in [0.3, 0.4) is 0 Å². The molecule has 0 saturated carbocycles. The number of para-hydroxylation sites is 1. The maximum absolute atomic E-state index is 12.9. The van der Waals surface area contributed by atoms with Crippen molar-refractivity contribution >= 4 is 40.0 Å². The van der Waals surface area contributed by atoms with Crippen molar-refractivity contribution in [3.8, 4) is 0 Å². The van der Waals surface area contributed by atoms with E-state index in [9.17, 15) is 9.59 Å². The van der Waals surface area contributed by atoms with Crippen molar-refractivity contribution < 1.29 is 9.59 Å². The summed E-state index contributed by atoms with van der Waals surface area (Å²) in [5.74, 6) is -0.0709. The molecule has 2 bridgehead atoms. The van der Waals surface area contributed by atoms with Crippen LogP contribution in [0.15, 0.2) is 54.7 Å². The second kappa shape index (κ2) is 8.96. The Morgan fingerprint density at radius 2 is 1.84 bits per heavy atom. The van der Waals surface area contributed by atoms with Gasteiger partial charge in [-0.2, -0.15) is 0 Å². The molecule has 2 saturated heterocycles. The molecule has 6 nitrogen and oxygen atoms in total. The highest BCUT2D eigenvalue weighted by molar-refractivity contribution is 6.33. The summed E-state index contributed by atoms with van der Waals surface area (Å²) in [6.45, 7) is 0.353. The number of rotatable bonds is 5. The first-order valence-corrected chi connectivity index (χ1v) is 11.6. The van der Waals surface area contributed by atoms with Gasteiger partial charge < -0.3 is 15.6 Å². The van der Waals surface area contributed by atoms with Crippen LogP contribution in [0.1, 0.15) is 42.5 Å². The number of hydrogen-bond donors (Lipinski definition) is 3. The predicted octanol–water partition coefficient (Wildman–Crippen LogP) is 4.58. The SMILES string of the molecule is O=C(CN1C2CCCC1CC(NC(=O)c1ccc3[nH]ccc3c1)C2)Nc1ccccc1Cl. The summed E-state index contributed by atoms with van der Waals surface area (Å²) in [7, 11) is 0. The van der Waals surface area contributed by atoms with Crippen LogP contribution in [0.2, 0.25) is 5.02 Å². The molecule has 32 heavy (non-hydrogen) atoms. The van der Waals surface area contributed by atoms with E-state index in [0.717, 1.165) is 36.6 Å². The monoisotopic (exact) mass is 450 g/mol. The molecule has 3 heterocycles. The largest absolute Gasteiger partial charge is 0.361 e. The zero-order chi connectivity index (χ0) is 22.1. The topological polar surface area (TPSA) is 77.2 Å². The molecule has 2 unspecified atom stereocenters. The summed E-state index contributed by atoms with van der Waals surface area (Å²) in [5, 5.41) is 7.77. The molecular weight excluding hydrogens is 424 g/mol. The number of benzene rings is 2. The van der Waals surface area contributed by atoms with Crippen LogP contribution in [-0.4, -0.2) is 46.4 Å². The van der Waals surface area contributed by atoms with Gasteiger partial charge in [0.2, 0.25) is 5.91 Å². The molecule has 0 spiro atoms. The minimum absolute atomic E-state index is 0.0268. The average Bonchev–Trinajstić information content (AvgIpc) is 3.24. The number of nitrogens with one attached hydrogen (secondary N) is 3. The van der Waals surface area contributed by atoms with Gasteiger partial charge in [-0.3, -0.25) is 14.5 Å². The Morgan fingerprint density at radius 1 is 1.06 bits per heavy atom. The smallest absolute Gasteiger partial charge is 0.251 e. The molecular formula is C25H27ClN4O2. The zero-order valence-corrected chi connectivity index (χ0v) is 18.6. The van der Waals surface area contributed by atoms with E-state index < -0.39 is 0 Å². The summed E-state index contributed by atoms with van der Waals surface area (Å²) in [6.07, 6.45) is 6.89. The maximum Gasteiger partial charge on any atom is 0.251 e. The second-order valence-electron chi connectivity index (χ2n) is 8.86. The number of nitrogens with zero attached hydrogens (tertiary/aromatic N) is 1. The normalized spacial score (nSPS) is 23.1. The van der Waals surface area contributed by atoms with Gasteiger partial charge in [-0.05, 0) is 62.1 Å². The molecule has 0 radical (unpaired) electrons. The highest BCUT2D eigenvalue weighted by atomic mass is 35.5. The van der Waals surface area contributed by atoms with Gasteiger partial charge in [0.15, 0.2) is 0 Å². The molecule has 1 aromatic heterocycles. The van der Waals surface area contributed by atoms with Crippen molar-refractivity contribution in [2.75, 3.05) is 11.9 Å². The van der Waals surface area contributed by atoms with E-state index in [1.54, 1.807) is 6.07 Å². The van der Waals surface area contributed by atoms with Gasteiger partial charge in [-0.25, -0.2) is 0 Å². The summed E-state index contributed by atoms with van der Waals surface area (Å²) < 4.78 is 0. The first-order valence-electron chi connectivity index (χ1n) is 11.2. The predicted molar refractivity (Wildman–Crippen MR) is 127 cm³/mol. The molecule has 5 rings (SSSR count). The maximum atomic E-state index is 12.9. The molecule has 2 aliphatic rings. The summed E-state index contributed by atoms with van der Waals surface area (Å²) in [5.41, 5.74) is 2.36. The number of piperidine rings is 2. The molecule has 166 valence electrons. The van der Waals surface area contributed by atoms with Crippen LogP contribution in [0.5, 0.6) is 0 Å². The van der Waals surface area contributed by atoms with Crippen molar-refractivity contribution in [1.82, 2.24) is 15.2 Å². The highest BCUT2D eigenvalue weighted by Crippen LogP contribution is 2.34. The second-order valence-corrected chi connectivity index (χ2v) is 9.27. The highest BCUT2D eigenvalue weighted by Gasteiger charge is 2.39. The number of fused-ring (bicyclic) bond motifs is 3. The van der Waals surface area contributed by atoms with Gasteiger partial charge in [0.25, 0.3) is 5.91 Å². The minimum Gasteiger partial charge on any atom is -0.361 e. The summed E-state index contributed by atoms with van der Waals surface area (Å²) in [6, 6.07) is 15.7. The van der Waals surface area contributed by atoms with E-state index in [-0.39, 0.29) is 17.9 Å². The third kappa shape index (κ3) is 4.38. The zero-order valence-electron chi connectivity index (χ0n) is 17.8. The number of H-pyrrole nitrogens is 1. The molecule has 7 heteroatoms. The first kappa shape index (κ1) is 21.0. The molecule has 2 atom stereocenters. The number of hydrogen-bond acceptors (Lipinski definition) is 3. The average molecular weight is 451 g/mol. The van der Waals surface area contributed by atoms with Crippen LogP contribution in [-0.2, 0) is 4.79 Å². The Hall–Kier alpha value is -2.83. The number of carbonyl (C=O) groups is 2. The molecule has 3 aromatic rings. The Balaban J connectivity index is 1.21. The Bertz CT molecular complexity index is 1130. The van der Waals surface area contributed by atoms with Crippen LogP contribution in [0.4, 0.5) is 5.69 Å². The van der Waals surface area contributed by atoms with Crippen LogP contribution in [0.25, 0.3) is 10.9 Å². The number of carbonyl (C=O) groups excluding carboxylic acids is 2. The van der Waals surface area contributed by atoms with Crippen LogP contribution >= 0.6 is 11.6 Å². The van der Waals surface area contributed by atoms with E-state index in [1.807, 2.05) is 48.7 Å². The van der Waals surface area contributed by atoms with Crippen molar-refractivity contribution in [2.24, 2.45) is 0 Å². The fraction of sp³-hybridized carbons (Fsp3) is 0.360. The fourth-order valence-corrected chi connectivity index (χ4v) is 5.42. The van der Waals surface area contributed by atoms with E-state index in [0.29, 0.717) is 34.9 Å². The third-order valence-electron chi connectivity index (χ3n) is 6.75. The number of amides is 2. The van der Waals surface area contributed by atoms with Crippen LogP contribution in [0, 0.1) is 0 Å². The Kier molecular flexibility index (Phi) is 5.89. The summed E-state index contributed by atoms with van der Waals surface area (Å²) in [4.78, 5) is 31.1. The summed E-state index contributed by atoms with van der Waals surface area (Å²) >= 11 is 6.18. The number of aromatic nitrogens is 1. The van der Waals surface area contributed by atoms with Gasteiger partial charge in [0.05, 0.1) is 17.3 Å². The molecule has 2 amide bonds. The van der Waals surface area contributed by atoms with E-state index in [1.165, 1.54) is 6.42 Å². The number of anilines is 1. The third-order valence-corrected chi connectivity index (χ3v) is 7.08. The Morgan fingerprint density at radius 3 is 2.62 bits per heavy atom. The quantitative estimate of drug-likeness (QED) is 0.532. The van der Waals surface area contributed by atoms with Crippen molar-refractivity contribution in [3.05, 3.63) is 65.3 Å². The van der Waals surface area contributed by atoms with Crippen molar-refractivity contribution in [2.45, 2.75) is 50.2 Å². The molecule has 3 N–H and O–H groups in total. The Labute approximate surface area is 192 Å². The van der Waals surface area contributed by atoms with E-state index >= 15 is 0 Å². The van der Waals surface area contributed by atoms with Gasteiger partial charge >= 0.3 is 0 Å². The van der Waals surface area contributed by atoms with Gasteiger partial charge in [-0.15, -0.1) is 0 Å². The number of halogens is 1. The first-order chi connectivity index (χ1) is 15.6. The molecule has 0 aliphatic carbocycles. The minimum atomic E-state index is -0.0442. The van der Waals surface area contributed by atoms with E-state index in [2.05, 4.69) is 20.5 Å². The van der Waals surface area contributed by atoms with Crippen molar-refractivity contribution in [1.29, 1.82) is 0 Å². The van der Waals surface area contributed by atoms with Gasteiger partial charge in [0, 0.05) is 40.8 Å². The van der Waals surface area contributed by atoms with Gasteiger partial charge in [0.1, 0.15) is 0 Å². The lowest BCUT2D eigenvalue weighted by atomic mass is 9.81. The molecule has 2 aromatic carbocycles. The van der Waals surface area contributed by atoms with Crippen LogP contribution < -0.4 is 10.6 Å². The van der Waals surface area contributed by atoms with E-state index in [4.69, 9.17) is 11.6 Å². The fourth-order valence-electron chi connectivity index (χ4n) is 5.24. The lowest BCUT2D eigenvalue weighted by molar-refractivity contribution is -0.120. The lowest BCUT2D eigenvalue weighted by Gasteiger charge is -2.48. The van der Waals surface area contributed by atoms with Crippen molar-refractivity contribution in [3.63, 3.8) is 0 Å².